The molecule has 0 aliphatic rings. The number of ether oxygens (including phenoxy) is 1. The van der Waals surface area contributed by atoms with Gasteiger partial charge in [-0.25, -0.2) is 0 Å². The maximum Gasteiger partial charge on any atom is 0.239 e. The van der Waals surface area contributed by atoms with E-state index >= 15 is 0 Å². The second-order valence-electron chi connectivity index (χ2n) is 5.79. The molecular formula is C16H30N6O2. The fourth-order valence-electron chi connectivity index (χ4n) is 2.42. The minimum Gasteiger partial charge on any atom is -0.383 e. The average Bonchev–Trinajstić information content (AvgIpc) is 2.78. The third-order valence-corrected chi connectivity index (χ3v) is 3.82. The van der Waals surface area contributed by atoms with Gasteiger partial charge in [-0.15, -0.1) is 0 Å². The Bertz CT molecular complexity index is 567. The van der Waals surface area contributed by atoms with Crippen LogP contribution < -0.4 is 16.0 Å². The van der Waals surface area contributed by atoms with E-state index in [2.05, 4.69) is 39.9 Å². The number of aliphatic imine (C=N–C) groups is 1. The highest BCUT2D eigenvalue weighted by Gasteiger charge is 2.14. The van der Waals surface area contributed by atoms with Gasteiger partial charge < -0.3 is 20.7 Å². The molecule has 0 bridgehead atoms. The van der Waals surface area contributed by atoms with E-state index < -0.39 is 0 Å². The molecule has 0 aromatic carbocycles. The molecule has 1 atom stereocenters. The number of rotatable bonds is 8. The van der Waals surface area contributed by atoms with Crippen LogP contribution in [0.1, 0.15) is 23.9 Å². The van der Waals surface area contributed by atoms with Crippen molar-refractivity contribution in [2.45, 2.75) is 33.2 Å². The molecule has 1 aromatic rings. The lowest BCUT2D eigenvalue weighted by Crippen LogP contribution is -2.46. The first kappa shape index (κ1) is 20.0. The Balaban J connectivity index is 2.46. The van der Waals surface area contributed by atoms with Gasteiger partial charge in [0.05, 0.1) is 18.8 Å². The van der Waals surface area contributed by atoms with Gasteiger partial charge in [-0.05, 0) is 32.8 Å². The monoisotopic (exact) mass is 338 g/mol. The van der Waals surface area contributed by atoms with E-state index in [0.29, 0.717) is 19.1 Å². The number of methoxy groups -OCH3 is 1. The predicted octanol–water partition coefficient (Wildman–Crippen LogP) is -0.104. The van der Waals surface area contributed by atoms with Gasteiger partial charge in [0.15, 0.2) is 5.96 Å². The lowest BCUT2D eigenvalue weighted by molar-refractivity contribution is -0.120. The summed E-state index contributed by atoms with van der Waals surface area (Å²) in [6.07, 6.45) is 0.840. The van der Waals surface area contributed by atoms with Gasteiger partial charge in [0.1, 0.15) is 0 Å². The van der Waals surface area contributed by atoms with Crippen molar-refractivity contribution in [1.82, 2.24) is 25.7 Å². The molecule has 0 fully saturated rings. The molecule has 1 rings (SSSR count). The molecule has 0 spiro atoms. The lowest BCUT2D eigenvalue weighted by atomic mass is 10.1. The third kappa shape index (κ3) is 6.19. The molecule has 24 heavy (non-hydrogen) atoms. The second-order valence-corrected chi connectivity index (χ2v) is 5.79. The zero-order chi connectivity index (χ0) is 18.1. The highest BCUT2D eigenvalue weighted by atomic mass is 16.5. The van der Waals surface area contributed by atoms with Crippen molar-refractivity contribution in [3.05, 3.63) is 17.0 Å². The zero-order valence-electron chi connectivity index (χ0n) is 15.6. The van der Waals surface area contributed by atoms with E-state index in [1.165, 1.54) is 11.3 Å². The molecule has 0 radical (unpaired) electrons. The van der Waals surface area contributed by atoms with Crippen LogP contribution in [0.15, 0.2) is 4.99 Å². The normalized spacial score (nSPS) is 12.8. The minimum absolute atomic E-state index is 0.0957. The first-order valence-electron chi connectivity index (χ1n) is 8.10. The molecule has 0 aliphatic heterocycles. The summed E-state index contributed by atoms with van der Waals surface area (Å²) in [6, 6.07) is 0.161. The summed E-state index contributed by atoms with van der Waals surface area (Å²) >= 11 is 0. The first-order chi connectivity index (χ1) is 11.4. The van der Waals surface area contributed by atoms with Gasteiger partial charge in [0.2, 0.25) is 5.91 Å². The van der Waals surface area contributed by atoms with Crippen LogP contribution in [0.4, 0.5) is 0 Å². The molecule has 136 valence electrons. The van der Waals surface area contributed by atoms with Crippen LogP contribution in [-0.2, 0) is 23.0 Å². The van der Waals surface area contributed by atoms with Gasteiger partial charge in [-0.3, -0.25) is 14.5 Å². The predicted molar refractivity (Wildman–Crippen MR) is 95.2 cm³/mol. The number of carbonyl (C=O) groups is 1. The number of aromatic nitrogens is 2. The van der Waals surface area contributed by atoms with Crippen LogP contribution in [0.3, 0.4) is 0 Å². The standard InChI is InChI=1S/C16H30N6O2/c1-11(9-14-12(2)21-22(5)13(14)3)20-16(17-4)19-10-15(23)18-7-8-24-6/h11H,7-10H2,1-6H3,(H,18,23)(H2,17,19,20). The highest BCUT2D eigenvalue weighted by molar-refractivity contribution is 5.86. The van der Waals surface area contributed by atoms with Crippen molar-refractivity contribution in [3.63, 3.8) is 0 Å². The molecule has 1 amide bonds. The number of nitrogens with one attached hydrogen (secondary N) is 3. The molecule has 0 saturated carbocycles. The topological polar surface area (TPSA) is 92.6 Å². The number of amides is 1. The summed E-state index contributed by atoms with van der Waals surface area (Å²) in [6.45, 7) is 7.34. The Morgan fingerprint density at radius 2 is 2.08 bits per heavy atom. The van der Waals surface area contributed by atoms with Gasteiger partial charge in [0.25, 0.3) is 0 Å². The van der Waals surface area contributed by atoms with Crippen LogP contribution in [0, 0.1) is 13.8 Å². The number of hydrogen-bond donors (Lipinski definition) is 3. The van der Waals surface area contributed by atoms with Crippen molar-refractivity contribution < 1.29 is 9.53 Å². The largest absolute Gasteiger partial charge is 0.383 e. The van der Waals surface area contributed by atoms with Crippen molar-refractivity contribution in [2.24, 2.45) is 12.0 Å². The Morgan fingerprint density at radius 3 is 2.62 bits per heavy atom. The minimum atomic E-state index is -0.0957. The number of aryl methyl sites for hydroxylation is 2. The fourth-order valence-corrected chi connectivity index (χ4v) is 2.42. The molecule has 8 nitrogen and oxygen atoms in total. The summed E-state index contributed by atoms with van der Waals surface area (Å²) in [4.78, 5) is 15.8. The van der Waals surface area contributed by atoms with Crippen LogP contribution in [0.2, 0.25) is 0 Å². The first-order valence-corrected chi connectivity index (χ1v) is 8.10. The Kier molecular flexibility index (Phi) is 8.25. The summed E-state index contributed by atoms with van der Waals surface area (Å²) in [5, 5.41) is 13.5. The summed E-state index contributed by atoms with van der Waals surface area (Å²) < 4.78 is 6.79. The summed E-state index contributed by atoms with van der Waals surface area (Å²) in [7, 11) is 5.24. The van der Waals surface area contributed by atoms with Crippen molar-refractivity contribution in [1.29, 1.82) is 0 Å². The molecule has 1 unspecified atom stereocenters. The Morgan fingerprint density at radius 1 is 1.38 bits per heavy atom. The third-order valence-electron chi connectivity index (χ3n) is 3.82. The van der Waals surface area contributed by atoms with Crippen molar-refractivity contribution >= 4 is 11.9 Å². The van der Waals surface area contributed by atoms with E-state index in [1.807, 2.05) is 18.7 Å². The van der Waals surface area contributed by atoms with Crippen LogP contribution in [0.5, 0.6) is 0 Å². The number of hydrogen-bond acceptors (Lipinski definition) is 4. The van der Waals surface area contributed by atoms with Gasteiger partial charge in [0, 0.05) is 39.5 Å². The summed E-state index contributed by atoms with van der Waals surface area (Å²) in [5.41, 5.74) is 3.45. The molecular weight excluding hydrogens is 308 g/mol. The fraction of sp³-hybridized carbons (Fsp3) is 0.688. The van der Waals surface area contributed by atoms with E-state index in [9.17, 15) is 4.79 Å². The smallest absolute Gasteiger partial charge is 0.239 e. The molecule has 0 aliphatic carbocycles. The molecule has 1 aromatic heterocycles. The Labute approximate surface area is 144 Å². The van der Waals surface area contributed by atoms with Crippen LogP contribution >= 0.6 is 0 Å². The van der Waals surface area contributed by atoms with E-state index in [1.54, 1.807) is 14.2 Å². The lowest BCUT2D eigenvalue weighted by Gasteiger charge is -2.18. The maximum absolute atomic E-state index is 11.7. The van der Waals surface area contributed by atoms with Crippen LogP contribution in [0.25, 0.3) is 0 Å². The van der Waals surface area contributed by atoms with Crippen molar-refractivity contribution in [3.8, 4) is 0 Å². The number of guanidine groups is 1. The van der Waals surface area contributed by atoms with Gasteiger partial charge in [-0.1, -0.05) is 0 Å². The van der Waals surface area contributed by atoms with E-state index in [-0.39, 0.29) is 18.5 Å². The van der Waals surface area contributed by atoms with Gasteiger partial charge >= 0.3 is 0 Å². The second kappa shape index (κ2) is 9.92. The molecule has 1 heterocycles. The molecule has 3 N–H and O–H groups in total. The Hall–Kier alpha value is -2.09. The van der Waals surface area contributed by atoms with E-state index in [4.69, 9.17) is 4.74 Å². The molecule has 0 saturated heterocycles. The van der Waals surface area contributed by atoms with Gasteiger partial charge in [-0.2, -0.15) is 5.10 Å². The number of carbonyl (C=O) groups excluding carboxylic acids is 1. The van der Waals surface area contributed by atoms with Crippen LogP contribution in [-0.4, -0.2) is 61.5 Å². The van der Waals surface area contributed by atoms with Crippen molar-refractivity contribution in [2.75, 3.05) is 33.9 Å². The number of nitrogens with zero attached hydrogens (tertiary/aromatic N) is 3. The summed E-state index contributed by atoms with van der Waals surface area (Å²) in [5.74, 6) is 0.505. The highest BCUT2D eigenvalue weighted by Crippen LogP contribution is 2.13. The zero-order valence-corrected chi connectivity index (χ0v) is 15.6. The maximum atomic E-state index is 11.7. The average molecular weight is 338 g/mol. The SMILES string of the molecule is CN=C(NCC(=O)NCCOC)NC(C)Cc1c(C)nn(C)c1C. The van der Waals surface area contributed by atoms with E-state index in [0.717, 1.165) is 12.1 Å². The molecule has 8 heteroatoms. The quantitative estimate of drug-likeness (QED) is 0.350.